The first-order valence-corrected chi connectivity index (χ1v) is 10.3. The maximum Gasteiger partial charge on any atom is 0.417 e. The van der Waals surface area contributed by atoms with Gasteiger partial charge < -0.3 is 14.4 Å². The minimum atomic E-state index is -4.49. The molecule has 3 rings (SSSR count). The number of nitrogens with zero attached hydrogens (tertiary/aromatic N) is 2. The van der Waals surface area contributed by atoms with Crippen LogP contribution in [0.2, 0.25) is 0 Å². The number of hydrogen-bond donors (Lipinski definition) is 0. The highest BCUT2D eigenvalue weighted by Gasteiger charge is 2.34. The molecule has 1 fully saturated rings. The molecule has 1 aromatic carbocycles. The molecule has 1 aliphatic rings. The minimum Gasteiger partial charge on any atom is -0.490 e. The number of ether oxygens (including phenoxy) is 2. The molecule has 32 heavy (non-hydrogen) atoms. The number of rotatable bonds is 6. The number of halogens is 6. The van der Waals surface area contributed by atoms with Gasteiger partial charge in [-0.25, -0.2) is 4.98 Å². The molecule has 1 saturated heterocycles. The van der Waals surface area contributed by atoms with Crippen molar-refractivity contribution in [3.8, 4) is 11.5 Å². The van der Waals surface area contributed by atoms with E-state index in [1.807, 2.05) is 18.7 Å². The molecule has 0 aliphatic carbocycles. The van der Waals surface area contributed by atoms with Gasteiger partial charge in [0.1, 0.15) is 11.9 Å². The summed E-state index contributed by atoms with van der Waals surface area (Å²) in [5.74, 6) is 0.670. The number of pyridine rings is 1. The third-order valence-corrected chi connectivity index (χ3v) is 5.24. The molecule has 0 bridgehead atoms. The van der Waals surface area contributed by atoms with Gasteiger partial charge in [-0.15, -0.1) is 0 Å². The molecular weight excluding hydrogens is 438 g/mol. The van der Waals surface area contributed by atoms with Gasteiger partial charge in [0, 0.05) is 31.6 Å². The van der Waals surface area contributed by atoms with Crippen molar-refractivity contribution in [3.05, 3.63) is 47.7 Å². The van der Waals surface area contributed by atoms with E-state index in [2.05, 4.69) is 4.98 Å². The van der Waals surface area contributed by atoms with E-state index in [9.17, 15) is 26.3 Å². The lowest BCUT2D eigenvalue weighted by molar-refractivity contribution is -0.138. The molecule has 0 saturated carbocycles. The Morgan fingerprint density at radius 2 is 1.69 bits per heavy atom. The van der Waals surface area contributed by atoms with Crippen molar-refractivity contribution < 1.29 is 35.8 Å². The number of hydrogen-bond acceptors (Lipinski definition) is 4. The number of anilines is 1. The summed E-state index contributed by atoms with van der Waals surface area (Å²) < 4.78 is 88.9. The fourth-order valence-corrected chi connectivity index (χ4v) is 3.52. The highest BCUT2D eigenvalue weighted by atomic mass is 19.4. The SMILES string of the molecule is CCCOc1cc(C(F)(F)F)ccc1OC1CCN(c2ccc(C(F)(F)F)cn2)CC1C. The monoisotopic (exact) mass is 462 g/mol. The first-order chi connectivity index (χ1) is 15.0. The number of piperidine rings is 1. The van der Waals surface area contributed by atoms with E-state index < -0.39 is 23.5 Å². The molecule has 1 aromatic heterocycles. The van der Waals surface area contributed by atoms with Crippen LogP contribution in [-0.2, 0) is 12.4 Å². The zero-order valence-electron chi connectivity index (χ0n) is 17.6. The summed E-state index contributed by atoms with van der Waals surface area (Å²) in [6.07, 6.45) is -7.26. The van der Waals surface area contributed by atoms with Crippen LogP contribution in [0.1, 0.15) is 37.8 Å². The summed E-state index contributed by atoms with van der Waals surface area (Å²) in [5.41, 5.74) is -1.62. The molecule has 0 spiro atoms. The normalized spacial score (nSPS) is 19.7. The second kappa shape index (κ2) is 9.46. The molecule has 0 N–H and O–H groups in total. The predicted octanol–water partition coefficient (Wildman–Crippen LogP) is 6.20. The molecule has 2 aromatic rings. The highest BCUT2D eigenvalue weighted by molar-refractivity contribution is 5.44. The zero-order chi connectivity index (χ0) is 23.5. The van der Waals surface area contributed by atoms with Crippen LogP contribution >= 0.6 is 0 Å². The van der Waals surface area contributed by atoms with Gasteiger partial charge in [-0.1, -0.05) is 13.8 Å². The molecule has 0 radical (unpaired) electrons. The van der Waals surface area contributed by atoms with Crippen molar-refractivity contribution in [2.75, 3.05) is 24.6 Å². The Hall–Kier alpha value is -2.65. The molecular formula is C22H24F6N2O2. The van der Waals surface area contributed by atoms with Crippen molar-refractivity contribution in [1.82, 2.24) is 4.98 Å². The number of alkyl halides is 6. The van der Waals surface area contributed by atoms with Gasteiger partial charge in [0.05, 0.1) is 17.7 Å². The maximum absolute atomic E-state index is 13.1. The fraction of sp³-hybridized carbons (Fsp3) is 0.500. The molecule has 176 valence electrons. The van der Waals surface area contributed by atoms with E-state index >= 15 is 0 Å². The van der Waals surface area contributed by atoms with Crippen LogP contribution in [-0.4, -0.2) is 30.8 Å². The summed E-state index contributed by atoms with van der Waals surface area (Å²) >= 11 is 0. The average molecular weight is 462 g/mol. The molecule has 4 nitrogen and oxygen atoms in total. The number of benzene rings is 1. The summed E-state index contributed by atoms with van der Waals surface area (Å²) in [7, 11) is 0. The summed E-state index contributed by atoms with van der Waals surface area (Å²) in [6, 6.07) is 5.50. The molecule has 2 unspecified atom stereocenters. The summed E-state index contributed by atoms with van der Waals surface area (Å²) in [4.78, 5) is 5.80. The van der Waals surface area contributed by atoms with E-state index in [4.69, 9.17) is 9.47 Å². The smallest absolute Gasteiger partial charge is 0.417 e. The van der Waals surface area contributed by atoms with E-state index in [0.29, 0.717) is 31.7 Å². The third kappa shape index (κ3) is 5.77. The van der Waals surface area contributed by atoms with Crippen LogP contribution in [0.15, 0.2) is 36.5 Å². The van der Waals surface area contributed by atoms with Crippen molar-refractivity contribution >= 4 is 5.82 Å². The van der Waals surface area contributed by atoms with Crippen LogP contribution < -0.4 is 14.4 Å². The lowest BCUT2D eigenvalue weighted by atomic mass is 9.96. The Morgan fingerprint density at radius 1 is 1.00 bits per heavy atom. The van der Waals surface area contributed by atoms with Crippen molar-refractivity contribution in [2.45, 2.75) is 45.1 Å². The van der Waals surface area contributed by atoms with Crippen molar-refractivity contribution in [3.63, 3.8) is 0 Å². The quantitative estimate of drug-likeness (QED) is 0.479. The van der Waals surface area contributed by atoms with Gasteiger partial charge >= 0.3 is 12.4 Å². The fourth-order valence-electron chi connectivity index (χ4n) is 3.52. The Balaban J connectivity index is 1.69. The second-order valence-corrected chi connectivity index (χ2v) is 7.78. The first kappa shape index (κ1) is 24.0. The van der Waals surface area contributed by atoms with Crippen molar-refractivity contribution in [1.29, 1.82) is 0 Å². The van der Waals surface area contributed by atoms with Crippen LogP contribution in [0.5, 0.6) is 11.5 Å². The van der Waals surface area contributed by atoms with Gasteiger partial charge in [-0.3, -0.25) is 0 Å². The maximum atomic E-state index is 13.1. The summed E-state index contributed by atoms with van der Waals surface area (Å²) in [6.45, 7) is 4.98. The lowest BCUT2D eigenvalue weighted by Crippen LogP contribution is -2.44. The van der Waals surface area contributed by atoms with E-state index in [1.54, 1.807) is 0 Å². The topological polar surface area (TPSA) is 34.6 Å². The zero-order valence-corrected chi connectivity index (χ0v) is 17.6. The van der Waals surface area contributed by atoms with Gasteiger partial charge in [0.2, 0.25) is 0 Å². The molecule has 1 aliphatic heterocycles. The minimum absolute atomic E-state index is 0.0423. The summed E-state index contributed by atoms with van der Waals surface area (Å²) in [5, 5.41) is 0. The Labute approximate surface area is 182 Å². The van der Waals surface area contributed by atoms with Gasteiger partial charge in [0.25, 0.3) is 0 Å². The molecule has 2 heterocycles. The van der Waals surface area contributed by atoms with Gasteiger partial charge in [-0.2, -0.15) is 26.3 Å². The highest BCUT2D eigenvalue weighted by Crippen LogP contribution is 2.38. The molecule has 0 amide bonds. The van der Waals surface area contributed by atoms with Gasteiger partial charge in [-0.05, 0) is 36.8 Å². The standard InChI is InChI=1S/C22H24F6N2O2/c1-3-10-31-19-11-15(21(23,24)25)4-6-18(19)32-17-8-9-30(13-14(17)2)20-7-5-16(12-29-20)22(26,27)28/h4-7,11-12,14,17H,3,8-10,13H2,1-2H3. The first-order valence-electron chi connectivity index (χ1n) is 10.3. The van der Waals surface area contributed by atoms with Crippen LogP contribution in [0.25, 0.3) is 0 Å². The lowest BCUT2D eigenvalue weighted by Gasteiger charge is -2.37. The Bertz CT molecular complexity index is 899. The number of aromatic nitrogens is 1. The van der Waals surface area contributed by atoms with Crippen LogP contribution in [0.4, 0.5) is 32.2 Å². The Kier molecular flexibility index (Phi) is 7.09. The Morgan fingerprint density at radius 3 is 2.25 bits per heavy atom. The van der Waals surface area contributed by atoms with E-state index in [-0.39, 0.29) is 30.1 Å². The van der Waals surface area contributed by atoms with E-state index in [0.717, 1.165) is 24.4 Å². The van der Waals surface area contributed by atoms with Crippen molar-refractivity contribution in [2.24, 2.45) is 5.92 Å². The third-order valence-electron chi connectivity index (χ3n) is 5.24. The van der Waals surface area contributed by atoms with Crippen LogP contribution in [0.3, 0.4) is 0 Å². The van der Waals surface area contributed by atoms with Gasteiger partial charge in [0.15, 0.2) is 11.5 Å². The second-order valence-electron chi connectivity index (χ2n) is 7.78. The van der Waals surface area contributed by atoms with Crippen LogP contribution in [0, 0.1) is 5.92 Å². The van der Waals surface area contributed by atoms with E-state index in [1.165, 1.54) is 12.1 Å². The predicted molar refractivity (Wildman–Crippen MR) is 107 cm³/mol. The molecule has 2 atom stereocenters. The molecule has 10 heteroatoms. The largest absolute Gasteiger partial charge is 0.490 e. The average Bonchev–Trinajstić information content (AvgIpc) is 2.73.